The van der Waals surface area contributed by atoms with Gasteiger partial charge >= 0.3 is 0 Å². The van der Waals surface area contributed by atoms with Crippen molar-refractivity contribution in [3.8, 4) is 0 Å². The highest BCUT2D eigenvalue weighted by atomic mass is 15.0. The van der Waals surface area contributed by atoms with E-state index in [2.05, 4.69) is 19.2 Å². The summed E-state index contributed by atoms with van der Waals surface area (Å²) in [6.07, 6.45) is 14.4. The molecule has 100 valence electrons. The van der Waals surface area contributed by atoms with Gasteiger partial charge in [0, 0.05) is 5.54 Å². The molecule has 0 aromatic carbocycles. The Bertz CT molecular complexity index is 208. The summed E-state index contributed by atoms with van der Waals surface area (Å²) >= 11 is 0. The van der Waals surface area contributed by atoms with Gasteiger partial charge in [-0.05, 0) is 50.5 Å². The molecule has 1 nitrogen and oxygen atoms in total. The molecule has 0 spiro atoms. The number of rotatable bonds is 3. The van der Waals surface area contributed by atoms with Gasteiger partial charge in [-0.15, -0.1) is 0 Å². The number of hydrogen-bond donors (Lipinski definition) is 1. The molecule has 1 heterocycles. The van der Waals surface area contributed by atoms with Gasteiger partial charge in [0.2, 0.25) is 0 Å². The van der Waals surface area contributed by atoms with Crippen molar-refractivity contribution in [1.29, 1.82) is 0 Å². The van der Waals surface area contributed by atoms with E-state index in [-0.39, 0.29) is 0 Å². The highest BCUT2D eigenvalue weighted by molar-refractivity contribution is 4.96. The Morgan fingerprint density at radius 1 is 1.00 bits per heavy atom. The van der Waals surface area contributed by atoms with Crippen molar-refractivity contribution in [3.05, 3.63) is 0 Å². The molecule has 2 rings (SSSR count). The number of hydrogen-bond acceptors (Lipinski definition) is 1. The molecule has 1 unspecified atom stereocenters. The average molecular weight is 237 g/mol. The van der Waals surface area contributed by atoms with E-state index in [4.69, 9.17) is 0 Å². The Kier molecular flexibility index (Phi) is 4.90. The summed E-state index contributed by atoms with van der Waals surface area (Å²) in [4.78, 5) is 0. The van der Waals surface area contributed by atoms with Crippen molar-refractivity contribution in [2.24, 2.45) is 11.8 Å². The third-order valence-corrected chi connectivity index (χ3v) is 5.61. The molecule has 1 heteroatoms. The summed E-state index contributed by atoms with van der Waals surface area (Å²) in [5.41, 5.74) is 0.509. The van der Waals surface area contributed by atoms with E-state index < -0.39 is 0 Å². The van der Waals surface area contributed by atoms with Crippen molar-refractivity contribution in [2.75, 3.05) is 6.54 Å². The Hall–Kier alpha value is -0.0400. The van der Waals surface area contributed by atoms with E-state index in [0.717, 1.165) is 11.8 Å². The summed E-state index contributed by atoms with van der Waals surface area (Å²) in [5.74, 6) is 2.00. The summed E-state index contributed by atoms with van der Waals surface area (Å²) in [6.45, 7) is 6.04. The third-order valence-electron chi connectivity index (χ3n) is 5.61. The maximum absolute atomic E-state index is 3.95. The minimum absolute atomic E-state index is 0.509. The Balaban J connectivity index is 1.97. The topological polar surface area (TPSA) is 12.0 Å². The Labute approximate surface area is 108 Å². The minimum atomic E-state index is 0.509. The van der Waals surface area contributed by atoms with Crippen LogP contribution in [0.5, 0.6) is 0 Å². The van der Waals surface area contributed by atoms with Crippen LogP contribution >= 0.6 is 0 Å². The average Bonchev–Trinajstić information content (AvgIpc) is 2.65. The van der Waals surface area contributed by atoms with E-state index in [1.165, 1.54) is 70.8 Å². The first kappa shape index (κ1) is 13.4. The van der Waals surface area contributed by atoms with E-state index in [1.54, 1.807) is 0 Å². The van der Waals surface area contributed by atoms with Gasteiger partial charge in [-0.2, -0.15) is 0 Å². The fourth-order valence-corrected chi connectivity index (χ4v) is 4.23. The maximum Gasteiger partial charge on any atom is 0.0207 e. The quantitative estimate of drug-likeness (QED) is 0.761. The molecule has 2 aliphatic rings. The van der Waals surface area contributed by atoms with Crippen LogP contribution < -0.4 is 5.32 Å². The van der Waals surface area contributed by atoms with Crippen molar-refractivity contribution in [3.63, 3.8) is 0 Å². The van der Waals surface area contributed by atoms with Gasteiger partial charge < -0.3 is 5.32 Å². The van der Waals surface area contributed by atoms with Crippen LogP contribution in [0.2, 0.25) is 0 Å². The van der Waals surface area contributed by atoms with Crippen LogP contribution in [-0.4, -0.2) is 12.1 Å². The van der Waals surface area contributed by atoms with Crippen LogP contribution in [0.15, 0.2) is 0 Å². The van der Waals surface area contributed by atoms with E-state index >= 15 is 0 Å². The lowest BCUT2D eigenvalue weighted by Gasteiger charge is -2.44. The molecule has 0 bridgehead atoms. The zero-order chi connectivity index (χ0) is 12.1. The molecule has 0 aromatic heterocycles. The van der Waals surface area contributed by atoms with Crippen LogP contribution in [0.1, 0.15) is 78.1 Å². The van der Waals surface area contributed by atoms with Crippen LogP contribution in [0.3, 0.4) is 0 Å². The molecule has 2 fully saturated rings. The Morgan fingerprint density at radius 3 is 2.41 bits per heavy atom. The predicted molar refractivity (Wildman–Crippen MR) is 75.2 cm³/mol. The SMILES string of the molecule is CCC1CCC(C2(CC)CCCCCN2)CC1. The highest BCUT2D eigenvalue weighted by Crippen LogP contribution is 2.41. The van der Waals surface area contributed by atoms with E-state index in [0.29, 0.717) is 5.54 Å². The first-order valence-electron chi connectivity index (χ1n) is 8.05. The molecule has 1 saturated heterocycles. The monoisotopic (exact) mass is 237 g/mol. The molecule has 1 N–H and O–H groups in total. The van der Waals surface area contributed by atoms with Gasteiger partial charge in [0.05, 0.1) is 0 Å². The van der Waals surface area contributed by atoms with Crippen LogP contribution in [0.25, 0.3) is 0 Å². The molecule has 1 aliphatic carbocycles. The molecule has 17 heavy (non-hydrogen) atoms. The predicted octanol–water partition coefficient (Wildman–Crippen LogP) is 4.52. The molecule has 1 saturated carbocycles. The van der Waals surface area contributed by atoms with Crippen LogP contribution in [0.4, 0.5) is 0 Å². The minimum Gasteiger partial charge on any atom is -0.311 e. The highest BCUT2D eigenvalue weighted by Gasteiger charge is 2.38. The molecule has 1 atom stereocenters. The van der Waals surface area contributed by atoms with Crippen molar-refractivity contribution >= 4 is 0 Å². The summed E-state index contributed by atoms with van der Waals surface area (Å²) in [7, 11) is 0. The van der Waals surface area contributed by atoms with Crippen molar-refractivity contribution in [2.45, 2.75) is 83.6 Å². The maximum atomic E-state index is 3.95. The molecule has 1 aliphatic heterocycles. The molecular formula is C16H31N. The largest absolute Gasteiger partial charge is 0.311 e. The first-order chi connectivity index (χ1) is 8.30. The van der Waals surface area contributed by atoms with Crippen LogP contribution in [-0.2, 0) is 0 Å². The normalized spacial score (nSPS) is 39.9. The first-order valence-corrected chi connectivity index (χ1v) is 8.05. The van der Waals surface area contributed by atoms with E-state index in [1.807, 2.05) is 0 Å². The third kappa shape index (κ3) is 3.05. The Morgan fingerprint density at radius 2 is 1.76 bits per heavy atom. The fraction of sp³-hybridized carbons (Fsp3) is 1.00. The van der Waals surface area contributed by atoms with E-state index in [9.17, 15) is 0 Å². The standard InChI is InChI=1S/C16H31N/c1-3-14-8-10-15(11-9-14)16(4-2)12-6-5-7-13-17-16/h14-15,17H,3-13H2,1-2H3. The lowest BCUT2D eigenvalue weighted by molar-refractivity contribution is 0.126. The van der Waals surface area contributed by atoms with Gasteiger partial charge in [0.15, 0.2) is 0 Å². The smallest absolute Gasteiger partial charge is 0.0207 e. The second kappa shape index (κ2) is 6.22. The second-order valence-electron chi connectivity index (χ2n) is 6.37. The van der Waals surface area contributed by atoms with Crippen molar-refractivity contribution in [1.82, 2.24) is 5.32 Å². The van der Waals surface area contributed by atoms with Gasteiger partial charge in [0.25, 0.3) is 0 Å². The zero-order valence-corrected chi connectivity index (χ0v) is 11.9. The number of nitrogens with one attached hydrogen (secondary N) is 1. The lowest BCUT2D eigenvalue weighted by Crippen LogP contribution is -2.51. The van der Waals surface area contributed by atoms with Gasteiger partial charge in [0.1, 0.15) is 0 Å². The van der Waals surface area contributed by atoms with Crippen molar-refractivity contribution < 1.29 is 0 Å². The summed E-state index contributed by atoms with van der Waals surface area (Å²) in [5, 5.41) is 3.95. The summed E-state index contributed by atoms with van der Waals surface area (Å²) < 4.78 is 0. The van der Waals surface area contributed by atoms with Gasteiger partial charge in [-0.25, -0.2) is 0 Å². The second-order valence-corrected chi connectivity index (χ2v) is 6.37. The zero-order valence-electron chi connectivity index (χ0n) is 11.9. The van der Waals surface area contributed by atoms with Gasteiger partial charge in [-0.3, -0.25) is 0 Å². The molecule has 0 amide bonds. The van der Waals surface area contributed by atoms with Gasteiger partial charge in [-0.1, -0.05) is 46.0 Å². The molecule has 0 aromatic rings. The molecular weight excluding hydrogens is 206 g/mol. The van der Waals surface area contributed by atoms with Crippen LogP contribution in [0, 0.1) is 11.8 Å². The molecule has 0 radical (unpaired) electrons. The summed E-state index contributed by atoms with van der Waals surface area (Å²) in [6, 6.07) is 0. The fourth-order valence-electron chi connectivity index (χ4n) is 4.23. The lowest BCUT2D eigenvalue weighted by atomic mass is 9.68.